The Morgan fingerprint density at radius 2 is 2.00 bits per heavy atom. The summed E-state index contributed by atoms with van der Waals surface area (Å²) in [5, 5.41) is 12.6. The van der Waals surface area contributed by atoms with Gasteiger partial charge in [-0.3, -0.25) is 0 Å². The fourth-order valence-corrected chi connectivity index (χ4v) is 2.39. The normalized spacial score (nSPS) is 23.8. The number of unbranched alkanes of at least 4 members (excludes halogenated alkanes) is 1. The molecular weight excluding hydrogens is 228 g/mol. The second-order valence-corrected chi connectivity index (χ2v) is 4.89. The summed E-state index contributed by atoms with van der Waals surface area (Å²) >= 11 is 0. The van der Waals surface area contributed by atoms with E-state index in [0.29, 0.717) is 19.3 Å². The molecule has 1 saturated carbocycles. The fraction of sp³-hybridized carbons (Fsp3) is 0.929. The molecule has 0 heterocycles. The van der Waals surface area contributed by atoms with Gasteiger partial charge in [-0.05, 0) is 32.2 Å². The lowest BCUT2D eigenvalue weighted by atomic mass is 9.85. The molecular formula is C14H26N2O2. The van der Waals surface area contributed by atoms with Gasteiger partial charge in [0.1, 0.15) is 0 Å². The van der Waals surface area contributed by atoms with Crippen molar-refractivity contribution in [3.8, 4) is 6.07 Å². The number of nitrogens with zero attached hydrogens (tertiary/aromatic N) is 1. The van der Waals surface area contributed by atoms with E-state index in [4.69, 9.17) is 14.7 Å². The Kier molecular flexibility index (Phi) is 8.83. The molecule has 2 unspecified atom stereocenters. The molecule has 1 rings (SSSR count). The predicted molar refractivity (Wildman–Crippen MR) is 71.3 cm³/mol. The minimum Gasteiger partial charge on any atom is -0.382 e. The summed E-state index contributed by atoms with van der Waals surface area (Å²) in [5.41, 5.74) is 0. The molecule has 4 heteroatoms. The SMILES string of the molecule is COCCOCCCCNC1CCCCC1C#N. The summed E-state index contributed by atoms with van der Waals surface area (Å²) in [6.07, 6.45) is 6.87. The van der Waals surface area contributed by atoms with Crippen LogP contribution >= 0.6 is 0 Å². The molecule has 0 saturated heterocycles. The Balaban J connectivity index is 1.95. The van der Waals surface area contributed by atoms with Gasteiger partial charge in [-0.2, -0.15) is 5.26 Å². The zero-order valence-electron chi connectivity index (χ0n) is 11.5. The van der Waals surface area contributed by atoms with Crippen molar-refractivity contribution >= 4 is 0 Å². The van der Waals surface area contributed by atoms with Crippen molar-refractivity contribution < 1.29 is 9.47 Å². The molecule has 0 aromatic heterocycles. The van der Waals surface area contributed by atoms with E-state index in [1.165, 1.54) is 12.8 Å². The minimum atomic E-state index is 0.219. The van der Waals surface area contributed by atoms with Gasteiger partial charge in [-0.15, -0.1) is 0 Å². The third kappa shape index (κ3) is 6.34. The molecule has 0 aliphatic heterocycles. The zero-order chi connectivity index (χ0) is 13.1. The summed E-state index contributed by atoms with van der Waals surface area (Å²) in [6, 6.07) is 2.84. The molecule has 0 spiro atoms. The maximum absolute atomic E-state index is 9.06. The Bertz CT molecular complexity index is 240. The molecule has 0 radical (unpaired) electrons. The lowest BCUT2D eigenvalue weighted by Gasteiger charge is -2.27. The van der Waals surface area contributed by atoms with Crippen LogP contribution in [0.5, 0.6) is 0 Å². The van der Waals surface area contributed by atoms with Crippen molar-refractivity contribution in [3.63, 3.8) is 0 Å². The van der Waals surface area contributed by atoms with Crippen LogP contribution in [-0.2, 0) is 9.47 Å². The van der Waals surface area contributed by atoms with Crippen LogP contribution in [0.2, 0.25) is 0 Å². The molecule has 1 fully saturated rings. The van der Waals surface area contributed by atoms with E-state index in [9.17, 15) is 0 Å². The Hall–Kier alpha value is -0.630. The van der Waals surface area contributed by atoms with Crippen molar-refractivity contribution in [1.29, 1.82) is 5.26 Å². The first kappa shape index (κ1) is 15.4. The van der Waals surface area contributed by atoms with Crippen molar-refractivity contribution in [2.75, 3.05) is 33.5 Å². The Morgan fingerprint density at radius 1 is 1.17 bits per heavy atom. The first-order chi connectivity index (χ1) is 8.88. The molecule has 1 aliphatic rings. The monoisotopic (exact) mass is 254 g/mol. The van der Waals surface area contributed by atoms with Crippen LogP contribution in [-0.4, -0.2) is 39.5 Å². The lowest BCUT2D eigenvalue weighted by Crippen LogP contribution is -2.38. The largest absolute Gasteiger partial charge is 0.382 e. The first-order valence-electron chi connectivity index (χ1n) is 7.08. The van der Waals surface area contributed by atoms with Crippen LogP contribution in [0.3, 0.4) is 0 Å². The number of nitriles is 1. The molecule has 4 nitrogen and oxygen atoms in total. The van der Waals surface area contributed by atoms with Crippen LogP contribution < -0.4 is 5.32 Å². The number of hydrogen-bond donors (Lipinski definition) is 1. The van der Waals surface area contributed by atoms with Crippen LogP contribution in [0.15, 0.2) is 0 Å². The highest BCUT2D eigenvalue weighted by atomic mass is 16.5. The molecule has 0 aromatic rings. The van der Waals surface area contributed by atoms with Gasteiger partial charge in [0.2, 0.25) is 0 Å². The number of methoxy groups -OCH3 is 1. The van der Waals surface area contributed by atoms with Gasteiger partial charge in [0.05, 0.1) is 25.2 Å². The molecule has 0 aromatic carbocycles. The van der Waals surface area contributed by atoms with Gasteiger partial charge in [-0.25, -0.2) is 0 Å². The zero-order valence-corrected chi connectivity index (χ0v) is 11.5. The average Bonchev–Trinajstić information content (AvgIpc) is 2.42. The lowest BCUT2D eigenvalue weighted by molar-refractivity contribution is 0.0686. The van der Waals surface area contributed by atoms with Crippen LogP contribution in [0.4, 0.5) is 0 Å². The molecule has 104 valence electrons. The molecule has 0 bridgehead atoms. The highest BCUT2D eigenvalue weighted by Gasteiger charge is 2.23. The minimum absolute atomic E-state index is 0.219. The summed E-state index contributed by atoms with van der Waals surface area (Å²) in [6.45, 7) is 3.15. The highest BCUT2D eigenvalue weighted by Crippen LogP contribution is 2.23. The molecule has 2 atom stereocenters. The summed E-state index contributed by atoms with van der Waals surface area (Å²) in [7, 11) is 1.68. The second-order valence-electron chi connectivity index (χ2n) is 4.89. The quantitative estimate of drug-likeness (QED) is 0.640. The predicted octanol–water partition coefficient (Wildman–Crippen LogP) is 2.10. The van der Waals surface area contributed by atoms with Crippen LogP contribution in [0.25, 0.3) is 0 Å². The van der Waals surface area contributed by atoms with Gasteiger partial charge >= 0.3 is 0 Å². The van der Waals surface area contributed by atoms with Crippen molar-refractivity contribution in [2.24, 2.45) is 5.92 Å². The molecule has 0 amide bonds. The molecule has 18 heavy (non-hydrogen) atoms. The van der Waals surface area contributed by atoms with Gasteiger partial charge in [-0.1, -0.05) is 12.8 Å². The van der Waals surface area contributed by atoms with Crippen molar-refractivity contribution in [2.45, 2.75) is 44.6 Å². The third-order valence-corrected chi connectivity index (χ3v) is 3.49. The van der Waals surface area contributed by atoms with E-state index in [-0.39, 0.29) is 5.92 Å². The topological polar surface area (TPSA) is 54.3 Å². The fourth-order valence-electron chi connectivity index (χ4n) is 2.39. The summed E-state index contributed by atoms with van der Waals surface area (Å²) in [4.78, 5) is 0. The number of ether oxygens (including phenoxy) is 2. The van der Waals surface area contributed by atoms with Gasteiger partial charge in [0, 0.05) is 19.8 Å². The first-order valence-corrected chi connectivity index (χ1v) is 7.08. The van der Waals surface area contributed by atoms with E-state index in [0.717, 1.165) is 38.8 Å². The maximum Gasteiger partial charge on any atom is 0.0700 e. The number of rotatable bonds is 9. The van der Waals surface area contributed by atoms with Crippen LogP contribution in [0.1, 0.15) is 38.5 Å². The van der Waals surface area contributed by atoms with E-state index >= 15 is 0 Å². The van der Waals surface area contributed by atoms with Gasteiger partial charge < -0.3 is 14.8 Å². The number of hydrogen-bond acceptors (Lipinski definition) is 4. The smallest absolute Gasteiger partial charge is 0.0700 e. The second kappa shape index (κ2) is 10.3. The third-order valence-electron chi connectivity index (χ3n) is 3.49. The van der Waals surface area contributed by atoms with Gasteiger partial charge in [0.25, 0.3) is 0 Å². The average molecular weight is 254 g/mol. The standard InChI is InChI=1S/C14H26N2O2/c1-17-10-11-18-9-5-4-8-16-14-7-3-2-6-13(14)12-15/h13-14,16H,2-11H2,1H3. The summed E-state index contributed by atoms with van der Waals surface area (Å²) < 4.78 is 10.3. The van der Waals surface area contributed by atoms with Gasteiger partial charge in [0.15, 0.2) is 0 Å². The molecule has 1 aliphatic carbocycles. The Labute approximate surface area is 111 Å². The van der Waals surface area contributed by atoms with Crippen molar-refractivity contribution in [1.82, 2.24) is 5.32 Å². The van der Waals surface area contributed by atoms with E-state index < -0.39 is 0 Å². The Morgan fingerprint density at radius 3 is 2.78 bits per heavy atom. The van der Waals surface area contributed by atoms with E-state index in [1.807, 2.05) is 0 Å². The van der Waals surface area contributed by atoms with Crippen LogP contribution in [0, 0.1) is 17.2 Å². The molecule has 1 N–H and O–H groups in total. The maximum atomic E-state index is 9.06. The summed E-state index contributed by atoms with van der Waals surface area (Å²) in [5.74, 6) is 0.219. The highest BCUT2D eigenvalue weighted by molar-refractivity contribution is 4.94. The van der Waals surface area contributed by atoms with E-state index in [1.54, 1.807) is 7.11 Å². The number of nitrogens with one attached hydrogen (secondary N) is 1. The van der Waals surface area contributed by atoms with E-state index in [2.05, 4.69) is 11.4 Å². The van der Waals surface area contributed by atoms with Crippen molar-refractivity contribution in [3.05, 3.63) is 0 Å².